The molecule has 0 bridgehead atoms. The van der Waals surface area contributed by atoms with Gasteiger partial charge in [-0.15, -0.1) is 11.6 Å². The van der Waals surface area contributed by atoms with Gasteiger partial charge in [0.05, 0.1) is 15.8 Å². The highest BCUT2D eigenvalue weighted by Gasteiger charge is 2.32. The fourth-order valence-corrected chi connectivity index (χ4v) is 4.17. The predicted octanol–water partition coefficient (Wildman–Crippen LogP) is 3.95. The van der Waals surface area contributed by atoms with Gasteiger partial charge in [0.2, 0.25) is 5.91 Å². The largest absolute Gasteiger partial charge is 0.478 e. The normalized spacial score (nSPS) is 20.2. The molecule has 9 heteroatoms. The van der Waals surface area contributed by atoms with Crippen molar-refractivity contribution < 1.29 is 19.5 Å². The van der Waals surface area contributed by atoms with E-state index in [1.165, 1.54) is 40.9 Å². The quantitative estimate of drug-likeness (QED) is 0.389. The van der Waals surface area contributed by atoms with Crippen LogP contribution in [0.4, 0.5) is 5.69 Å². The van der Waals surface area contributed by atoms with Gasteiger partial charge < -0.3 is 10.4 Å². The van der Waals surface area contributed by atoms with Gasteiger partial charge in [-0.25, -0.2) is 4.79 Å². The number of hydrogen-bond donors (Lipinski definition) is 2. The Morgan fingerprint density at radius 1 is 1.34 bits per heavy atom. The average molecular weight is 449 g/mol. The molecular formula is C20H17ClN2O4S2. The van der Waals surface area contributed by atoms with Crippen LogP contribution >= 0.6 is 35.6 Å². The van der Waals surface area contributed by atoms with Crippen LogP contribution in [0.15, 0.2) is 59.0 Å². The highest BCUT2D eigenvalue weighted by atomic mass is 35.5. The molecule has 6 nitrogen and oxygen atoms in total. The number of benzene rings is 1. The molecule has 1 saturated heterocycles. The fraction of sp³-hybridized carbons (Fsp3) is 0.200. The van der Waals surface area contributed by atoms with Gasteiger partial charge in [-0.1, -0.05) is 42.2 Å². The summed E-state index contributed by atoms with van der Waals surface area (Å²) in [7, 11) is 0. The second kappa shape index (κ2) is 9.39. The minimum atomic E-state index is -1.03. The second-order valence-electron chi connectivity index (χ2n) is 6.33. The third-order valence-corrected chi connectivity index (χ3v) is 5.93. The second-order valence-corrected chi connectivity index (χ2v) is 8.57. The summed E-state index contributed by atoms with van der Waals surface area (Å²) in [6, 6.07) is 5.85. The van der Waals surface area contributed by atoms with Gasteiger partial charge in [-0.2, -0.15) is 0 Å². The van der Waals surface area contributed by atoms with Crippen LogP contribution in [0, 0.1) is 0 Å². The summed E-state index contributed by atoms with van der Waals surface area (Å²) in [6.07, 6.45) is 8.27. The molecule has 1 aromatic rings. The van der Waals surface area contributed by atoms with Crippen molar-refractivity contribution in [1.29, 1.82) is 0 Å². The first-order valence-electron chi connectivity index (χ1n) is 8.74. The van der Waals surface area contributed by atoms with E-state index < -0.39 is 5.97 Å². The molecule has 2 aliphatic rings. The Morgan fingerprint density at radius 2 is 2.07 bits per heavy atom. The molecule has 2 amide bonds. The van der Waals surface area contributed by atoms with Gasteiger partial charge in [-0.3, -0.25) is 14.5 Å². The Balaban J connectivity index is 1.55. The zero-order valence-electron chi connectivity index (χ0n) is 15.1. The van der Waals surface area contributed by atoms with Crippen molar-refractivity contribution in [3.63, 3.8) is 0 Å². The standard InChI is InChI=1S/C20H17ClN2O4S2/c21-14-5-1-12(2-6-14)11-16-18(25)23(20(28)29-16)10-9-17(24)22-15-7-3-13(4-8-15)19(26)27/h1-5,7-8,11,14H,6,9-10H2,(H,22,24)(H,26,27)/b16-11-. The molecule has 2 N–H and O–H groups in total. The number of thioether (sulfide) groups is 1. The zero-order valence-corrected chi connectivity index (χ0v) is 17.5. The molecule has 1 unspecified atom stereocenters. The van der Waals surface area contributed by atoms with Crippen LogP contribution in [0.1, 0.15) is 23.2 Å². The minimum absolute atomic E-state index is 0.0273. The smallest absolute Gasteiger partial charge is 0.335 e. The number of nitrogens with zero attached hydrogens (tertiary/aromatic N) is 1. The molecule has 150 valence electrons. The first-order chi connectivity index (χ1) is 13.8. The van der Waals surface area contributed by atoms with E-state index in [-0.39, 0.29) is 35.7 Å². The number of alkyl halides is 1. The number of amides is 2. The number of hydrogen-bond acceptors (Lipinski definition) is 5. The highest BCUT2D eigenvalue weighted by molar-refractivity contribution is 8.26. The van der Waals surface area contributed by atoms with Gasteiger partial charge >= 0.3 is 5.97 Å². The van der Waals surface area contributed by atoms with Crippen molar-refractivity contribution in [3.05, 3.63) is 64.6 Å². The van der Waals surface area contributed by atoms with Crippen molar-refractivity contribution in [2.24, 2.45) is 0 Å². The van der Waals surface area contributed by atoms with Crippen molar-refractivity contribution in [1.82, 2.24) is 4.90 Å². The number of aromatic carboxylic acids is 1. The van der Waals surface area contributed by atoms with Crippen LogP contribution in [0.2, 0.25) is 0 Å². The van der Waals surface area contributed by atoms with Gasteiger partial charge in [0.25, 0.3) is 5.91 Å². The third-order valence-electron chi connectivity index (χ3n) is 4.23. The summed E-state index contributed by atoms with van der Waals surface area (Å²) >= 11 is 12.5. The maximum absolute atomic E-state index is 12.6. The molecule has 1 fully saturated rings. The summed E-state index contributed by atoms with van der Waals surface area (Å²) in [5, 5.41) is 11.5. The van der Waals surface area contributed by atoms with E-state index in [1.54, 1.807) is 6.08 Å². The van der Waals surface area contributed by atoms with Crippen LogP contribution < -0.4 is 5.32 Å². The van der Waals surface area contributed by atoms with Crippen LogP contribution in [-0.2, 0) is 9.59 Å². The SMILES string of the molecule is O=C(CCN1C(=O)/C(=C/C2=CCC(Cl)C=C2)SC1=S)Nc1ccc(C(=O)O)cc1. The lowest BCUT2D eigenvalue weighted by Crippen LogP contribution is -2.31. The van der Waals surface area contributed by atoms with Crippen molar-refractivity contribution in [2.75, 3.05) is 11.9 Å². The van der Waals surface area contributed by atoms with E-state index in [9.17, 15) is 14.4 Å². The Bertz CT molecular complexity index is 954. The molecule has 1 atom stereocenters. The number of rotatable bonds is 6. The predicted molar refractivity (Wildman–Crippen MR) is 118 cm³/mol. The van der Waals surface area contributed by atoms with Gasteiger partial charge in [0.1, 0.15) is 4.32 Å². The van der Waals surface area contributed by atoms with Crippen molar-refractivity contribution in [3.8, 4) is 0 Å². The summed E-state index contributed by atoms with van der Waals surface area (Å²) < 4.78 is 0.412. The Labute approximate surface area is 182 Å². The number of carbonyl (C=O) groups excluding carboxylic acids is 2. The molecule has 1 aliphatic heterocycles. The van der Waals surface area contributed by atoms with E-state index >= 15 is 0 Å². The fourth-order valence-electron chi connectivity index (χ4n) is 2.69. The molecule has 1 aliphatic carbocycles. The van der Waals surface area contributed by atoms with Crippen LogP contribution in [0.3, 0.4) is 0 Å². The number of anilines is 1. The van der Waals surface area contributed by atoms with Crippen molar-refractivity contribution >= 4 is 63.4 Å². The first kappa shape index (κ1) is 21.3. The third kappa shape index (κ3) is 5.56. The number of allylic oxidation sites excluding steroid dienone is 5. The summed E-state index contributed by atoms with van der Waals surface area (Å²) in [6.45, 7) is 0.166. The van der Waals surface area contributed by atoms with E-state index in [4.69, 9.17) is 28.9 Å². The molecule has 1 aromatic carbocycles. The van der Waals surface area contributed by atoms with E-state index in [0.29, 0.717) is 21.3 Å². The average Bonchev–Trinajstić information content (AvgIpc) is 2.95. The van der Waals surface area contributed by atoms with Gasteiger partial charge in [-0.05, 0) is 42.3 Å². The number of carbonyl (C=O) groups is 3. The molecule has 3 rings (SSSR count). The summed E-state index contributed by atoms with van der Waals surface area (Å²) in [5.41, 5.74) is 1.53. The number of nitrogens with one attached hydrogen (secondary N) is 1. The number of carboxylic acids is 1. The number of carboxylic acid groups (broad SMARTS) is 1. The molecule has 0 saturated carbocycles. The van der Waals surface area contributed by atoms with Crippen LogP contribution in [0.5, 0.6) is 0 Å². The van der Waals surface area contributed by atoms with Crippen LogP contribution in [-0.4, -0.2) is 44.0 Å². The highest BCUT2D eigenvalue weighted by Crippen LogP contribution is 2.32. The molecule has 0 aromatic heterocycles. The number of halogens is 1. The van der Waals surface area contributed by atoms with Crippen molar-refractivity contribution in [2.45, 2.75) is 18.2 Å². The van der Waals surface area contributed by atoms with E-state index in [1.807, 2.05) is 18.2 Å². The van der Waals surface area contributed by atoms with E-state index in [0.717, 1.165) is 5.57 Å². The number of thiocarbonyl (C=S) groups is 1. The zero-order chi connectivity index (χ0) is 21.0. The monoisotopic (exact) mass is 448 g/mol. The van der Waals surface area contributed by atoms with Crippen LogP contribution in [0.25, 0.3) is 0 Å². The molecule has 1 heterocycles. The maximum atomic E-state index is 12.6. The van der Waals surface area contributed by atoms with Gasteiger partial charge in [0, 0.05) is 18.7 Å². The lowest BCUT2D eigenvalue weighted by Gasteiger charge is -2.14. The van der Waals surface area contributed by atoms with Gasteiger partial charge in [0.15, 0.2) is 0 Å². The Hall–Kier alpha value is -2.42. The Morgan fingerprint density at radius 3 is 2.69 bits per heavy atom. The Kier molecular flexibility index (Phi) is 6.89. The molecular weight excluding hydrogens is 432 g/mol. The topological polar surface area (TPSA) is 86.7 Å². The summed E-state index contributed by atoms with van der Waals surface area (Å²) in [5.74, 6) is -1.55. The lowest BCUT2D eigenvalue weighted by atomic mass is 10.1. The molecule has 29 heavy (non-hydrogen) atoms. The van der Waals surface area contributed by atoms with E-state index in [2.05, 4.69) is 5.32 Å². The minimum Gasteiger partial charge on any atom is -0.478 e. The molecule has 0 radical (unpaired) electrons. The maximum Gasteiger partial charge on any atom is 0.335 e. The first-order valence-corrected chi connectivity index (χ1v) is 10.4. The summed E-state index contributed by atoms with van der Waals surface area (Å²) in [4.78, 5) is 37.6. The molecule has 0 spiro atoms. The lowest BCUT2D eigenvalue weighted by molar-refractivity contribution is -0.122.